The lowest BCUT2D eigenvalue weighted by atomic mass is 9.92. The van der Waals surface area contributed by atoms with Crippen molar-refractivity contribution in [2.45, 2.75) is 13.8 Å². The van der Waals surface area contributed by atoms with E-state index in [0.717, 1.165) is 5.57 Å². The lowest BCUT2D eigenvalue weighted by molar-refractivity contribution is -0.148. The van der Waals surface area contributed by atoms with E-state index in [1.807, 2.05) is 0 Å². The Morgan fingerprint density at radius 1 is 1.46 bits per heavy atom. The third-order valence-electron chi connectivity index (χ3n) is 1.69. The van der Waals surface area contributed by atoms with Crippen molar-refractivity contribution in [3.63, 3.8) is 0 Å². The van der Waals surface area contributed by atoms with E-state index in [1.165, 1.54) is 7.11 Å². The van der Waals surface area contributed by atoms with Crippen LogP contribution in [0.15, 0.2) is 37.0 Å². The highest BCUT2D eigenvalue weighted by molar-refractivity contribution is 5.78. The summed E-state index contributed by atoms with van der Waals surface area (Å²) in [6.07, 6.45) is 5.14. The van der Waals surface area contributed by atoms with Gasteiger partial charge in [0, 0.05) is 0 Å². The van der Waals surface area contributed by atoms with Crippen LogP contribution in [0.4, 0.5) is 0 Å². The molecule has 0 aromatic rings. The third kappa shape index (κ3) is 3.74. The molecule has 0 unspecified atom stereocenters. The Labute approximate surface area is 79.6 Å². The van der Waals surface area contributed by atoms with E-state index >= 15 is 0 Å². The van der Waals surface area contributed by atoms with Crippen LogP contribution in [-0.2, 0) is 9.53 Å². The summed E-state index contributed by atoms with van der Waals surface area (Å²) in [4.78, 5) is 11.2. The van der Waals surface area contributed by atoms with Gasteiger partial charge in [0.2, 0.25) is 0 Å². The maximum absolute atomic E-state index is 11.2. The lowest BCUT2D eigenvalue weighted by Crippen LogP contribution is -2.22. The number of hydrogen-bond acceptors (Lipinski definition) is 2. The molecular weight excluding hydrogens is 164 g/mol. The van der Waals surface area contributed by atoms with Crippen molar-refractivity contribution in [1.29, 1.82) is 0 Å². The van der Waals surface area contributed by atoms with Crippen LogP contribution >= 0.6 is 0 Å². The summed E-state index contributed by atoms with van der Waals surface area (Å²) in [6.45, 7) is 10.8. The van der Waals surface area contributed by atoms with E-state index < -0.39 is 5.41 Å². The highest BCUT2D eigenvalue weighted by Gasteiger charge is 2.24. The monoisotopic (exact) mass is 180 g/mol. The summed E-state index contributed by atoms with van der Waals surface area (Å²) in [6, 6.07) is 0. The molecule has 0 atom stereocenters. The topological polar surface area (TPSA) is 26.3 Å². The van der Waals surface area contributed by atoms with E-state index in [1.54, 1.807) is 32.1 Å². The quantitative estimate of drug-likeness (QED) is 0.490. The standard InChI is InChI=1S/C11H16O2/c1-6-9(2)7-8-11(3,4)10(12)13-5/h6-8H,1-2H2,3-5H3. The highest BCUT2D eigenvalue weighted by Crippen LogP contribution is 2.19. The second-order valence-corrected chi connectivity index (χ2v) is 3.33. The zero-order valence-corrected chi connectivity index (χ0v) is 8.46. The van der Waals surface area contributed by atoms with Crippen LogP contribution in [-0.4, -0.2) is 13.1 Å². The van der Waals surface area contributed by atoms with Gasteiger partial charge >= 0.3 is 5.97 Å². The second kappa shape index (κ2) is 4.65. The summed E-state index contributed by atoms with van der Waals surface area (Å²) >= 11 is 0. The van der Waals surface area contributed by atoms with Crippen molar-refractivity contribution < 1.29 is 9.53 Å². The zero-order chi connectivity index (χ0) is 10.5. The molecule has 0 aliphatic rings. The maximum Gasteiger partial charge on any atom is 0.315 e. The number of allylic oxidation sites excluding steroid dienone is 3. The molecule has 0 aliphatic heterocycles. The molecule has 0 aromatic heterocycles. The number of carbonyl (C=O) groups excluding carboxylic acids is 1. The molecule has 0 rings (SSSR count). The van der Waals surface area contributed by atoms with Gasteiger partial charge in [-0.2, -0.15) is 0 Å². The fraction of sp³-hybridized carbons (Fsp3) is 0.364. The molecule has 13 heavy (non-hydrogen) atoms. The minimum Gasteiger partial charge on any atom is -0.468 e. The molecule has 0 fully saturated rings. The summed E-state index contributed by atoms with van der Waals surface area (Å²) in [5.74, 6) is -0.263. The molecule has 0 radical (unpaired) electrons. The Morgan fingerprint density at radius 2 is 2.00 bits per heavy atom. The Balaban J connectivity index is 4.49. The summed E-state index contributed by atoms with van der Waals surface area (Å²) < 4.78 is 4.64. The van der Waals surface area contributed by atoms with E-state index in [9.17, 15) is 4.79 Å². The number of ether oxygens (including phenoxy) is 1. The Morgan fingerprint density at radius 3 is 2.38 bits per heavy atom. The molecule has 0 heterocycles. The molecule has 2 nitrogen and oxygen atoms in total. The first-order chi connectivity index (χ1) is 5.94. The van der Waals surface area contributed by atoms with Crippen LogP contribution in [0, 0.1) is 5.41 Å². The summed E-state index contributed by atoms with van der Waals surface area (Å²) in [7, 11) is 1.38. The maximum atomic E-state index is 11.2. The fourth-order valence-electron chi connectivity index (χ4n) is 0.715. The molecule has 0 aliphatic carbocycles. The summed E-state index contributed by atoms with van der Waals surface area (Å²) in [5, 5.41) is 0. The van der Waals surface area contributed by atoms with Gasteiger partial charge in [-0.15, -0.1) is 0 Å². The zero-order valence-electron chi connectivity index (χ0n) is 8.46. The van der Waals surface area contributed by atoms with Crippen molar-refractivity contribution >= 4 is 5.97 Å². The fourth-order valence-corrected chi connectivity index (χ4v) is 0.715. The van der Waals surface area contributed by atoms with Crippen molar-refractivity contribution in [3.8, 4) is 0 Å². The van der Waals surface area contributed by atoms with E-state index in [-0.39, 0.29) is 5.97 Å². The van der Waals surface area contributed by atoms with Crippen LogP contribution < -0.4 is 0 Å². The Kier molecular flexibility index (Phi) is 4.18. The first-order valence-corrected chi connectivity index (χ1v) is 4.03. The molecule has 2 heteroatoms. The molecule has 0 spiro atoms. The Hall–Kier alpha value is -1.31. The first-order valence-electron chi connectivity index (χ1n) is 4.03. The molecule has 0 saturated carbocycles. The molecular formula is C11H16O2. The normalized spacial score (nSPS) is 11.3. The molecule has 0 saturated heterocycles. The van der Waals surface area contributed by atoms with E-state index in [2.05, 4.69) is 17.9 Å². The van der Waals surface area contributed by atoms with Gasteiger partial charge < -0.3 is 4.74 Å². The van der Waals surface area contributed by atoms with Gasteiger partial charge in [-0.05, 0) is 19.4 Å². The van der Waals surface area contributed by atoms with Crippen LogP contribution in [0.2, 0.25) is 0 Å². The van der Waals surface area contributed by atoms with Crippen LogP contribution in [0.25, 0.3) is 0 Å². The van der Waals surface area contributed by atoms with Crippen LogP contribution in [0.5, 0.6) is 0 Å². The SMILES string of the molecule is C=CC(=C)C=CC(C)(C)C(=O)OC. The lowest BCUT2D eigenvalue weighted by Gasteiger charge is -2.16. The average Bonchev–Trinajstić information content (AvgIpc) is 2.12. The predicted octanol–water partition coefficient (Wildman–Crippen LogP) is 2.48. The molecule has 0 bridgehead atoms. The Bertz CT molecular complexity index is 247. The minimum absolute atomic E-state index is 0.263. The number of hydrogen-bond donors (Lipinski definition) is 0. The van der Waals surface area contributed by atoms with Gasteiger partial charge in [0.25, 0.3) is 0 Å². The molecule has 0 aromatic carbocycles. The molecule has 0 N–H and O–H groups in total. The second-order valence-electron chi connectivity index (χ2n) is 3.33. The van der Waals surface area contributed by atoms with Crippen LogP contribution in [0.1, 0.15) is 13.8 Å². The summed E-state index contributed by atoms with van der Waals surface area (Å²) in [5.41, 5.74) is 0.165. The number of carbonyl (C=O) groups is 1. The van der Waals surface area contributed by atoms with Crippen molar-refractivity contribution in [2.24, 2.45) is 5.41 Å². The van der Waals surface area contributed by atoms with Crippen molar-refractivity contribution in [2.75, 3.05) is 7.11 Å². The largest absolute Gasteiger partial charge is 0.468 e. The third-order valence-corrected chi connectivity index (χ3v) is 1.69. The van der Waals surface area contributed by atoms with Gasteiger partial charge in [0.05, 0.1) is 12.5 Å². The average molecular weight is 180 g/mol. The van der Waals surface area contributed by atoms with Gasteiger partial charge in [0.1, 0.15) is 0 Å². The number of methoxy groups -OCH3 is 1. The number of esters is 1. The number of rotatable bonds is 4. The van der Waals surface area contributed by atoms with Crippen molar-refractivity contribution in [3.05, 3.63) is 37.0 Å². The predicted molar refractivity (Wildman–Crippen MR) is 54.3 cm³/mol. The van der Waals surface area contributed by atoms with Crippen molar-refractivity contribution in [1.82, 2.24) is 0 Å². The van der Waals surface area contributed by atoms with Crippen LogP contribution in [0.3, 0.4) is 0 Å². The molecule has 72 valence electrons. The van der Waals surface area contributed by atoms with Gasteiger partial charge in [-0.3, -0.25) is 4.79 Å². The minimum atomic E-state index is -0.610. The van der Waals surface area contributed by atoms with E-state index in [4.69, 9.17) is 0 Å². The molecule has 0 amide bonds. The van der Waals surface area contributed by atoms with Gasteiger partial charge in [-0.1, -0.05) is 31.4 Å². The van der Waals surface area contributed by atoms with Gasteiger partial charge in [-0.25, -0.2) is 0 Å². The smallest absolute Gasteiger partial charge is 0.315 e. The highest BCUT2D eigenvalue weighted by atomic mass is 16.5. The first kappa shape index (κ1) is 11.7. The van der Waals surface area contributed by atoms with Gasteiger partial charge in [0.15, 0.2) is 0 Å². The van der Waals surface area contributed by atoms with E-state index in [0.29, 0.717) is 0 Å².